The molecule has 1 N–H and O–H groups in total. The molecular formula is C18H14N4O6. The lowest BCUT2D eigenvalue weighted by atomic mass is 10.1. The van der Waals surface area contributed by atoms with Crippen LogP contribution in [0.4, 0.5) is 11.4 Å². The Hall–Kier alpha value is -4.26. The minimum Gasteiger partial charge on any atom is -0.480 e. The van der Waals surface area contributed by atoms with Crippen molar-refractivity contribution in [2.24, 2.45) is 5.10 Å². The van der Waals surface area contributed by atoms with Crippen LogP contribution in [0.25, 0.3) is 0 Å². The van der Waals surface area contributed by atoms with Gasteiger partial charge in [0, 0.05) is 29.8 Å². The third-order valence-electron chi connectivity index (χ3n) is 3.42. The summed E-state index contributed by atoms with van der Waals surface area (Å²) in [6, 6.07) is 9.40. The smallest absolute Gasteiger partial charge is 0.270 e. The summed E-state index contributed by atoms with van der Waals surface area (Å²) < 4.78 is 5.29. The number of nitro groups is 2. The number of non-ortho nitro benzene ring substituents is 2. The van der Waals surface area contributed by atoms with Crippen LogP contribution in [0, 0.1) is 32.6 Å². The Labute approximate surface area is 159 Å². The first kappa shape index (κ1) is 20.1. The lowest BCUT2D eigenvalue weighted by molar-refractivity contribution is -0.385. The first-order valence-corrected chi connectivity index (χ1v) is 7.80. The fourth-order valence-electron chi connectivity index (χ4n) is 2.14. The van der Waals surface area contributed by atoms with E-state index < -0.39 is 15.8 Å². The van der Waals surface area contributed by atoms with E-state index in [1.54, 1.807) is 0 Å². The van der Waals surface area contributed by atoms with Gasteiger partial charge in [-0.25, -0.2) is 5.43 Å². The number of hydrazone groups is 1. The highest BCUT2D eigenvalue weighted by molar-refractivity contribution is 5.86. The third-order valence-corrected chi connectivity index (χ3v) is 3.42. The van der Waals surface area contributed by atoms with Crippen molar-refractivity contribution < 1.29 is 19.4 Å². The Morgan fingerprint density at radius 2 is 1.79 bits per heavy atom. The molecule has 0 heterocycles. The van der Waals surface area contributed by atoms with Gasteiger partial charge in [0.25, 0.3) is 11.4 Å². The summed E-state index contributed by atoms with van der Waals surface area (Å²) in [4.78, 5) is 32.3. The predicted octanol–water partition coefficient (Wildman–Crippen LogP) is 2.21. The minimum atomic E-state index is -0.574. The van der Waals surface area contributed by atoms with E-state index in [2.05, 4.69) is 16.4 Å². The van der Waals surface area contributed by atoms with Crippen LogP contribution < -0.4 is 10.2 Å². The number of rotatable bonds is 8. The molecule has 10 nitrogen and oxygen atoms in total. The second-order valence-electron chi connectivity index (χ2n) is 5.37. The maximum Gasteiger partial charge on any atom is 0.270 e. The van der Waals surface area contributed by atoms with Crippen LogP contribution in [-0.2, 0) is 11.2 Å². The van der Waals surface area contributed by atoms with E-state index in [0.29, 0.717) is 5.56 Å². The van der Waals surface area contributed by atoms with E-state index in [1.165, 1.54) is 48.7 Å². The zero-order valence-electron chi connectivity index (χ0n) is 14.4. The van der Waals surface area contributed by atoms with Crippen molar-refractivity contribution in [2.75, 3.05) is 6.61 Å². The maximum atomic E-state index is 11.9. The van der Waals surface area contributed by atoms with Crippen molar-refractivity contribution in [1.29, 1.82) is 0 Å². The van der Waals surface area contributed by atoms with Crippen molar-refractivity contribution in [1.82, 2.24) is 5.43 Å². The van der Waals surface area contributed by atoms with Crippen molar-refractivity contribution in [3.63, 3.8) is 0 Å². The standard InChI is InChI=1S/C18H14N4O6/c1-2-9-28-17-8-7-16(22(26)27)11-14(17)12-19-20-18(23)10-13-3-5-15(6-4-13)21(24)25/h1,3-8,11-12H,9-10H2,(H,20,23)/b19-12+. The molecule has 0 bridgehead atoms. The number of hydrogen-bond acceptors (Lipinski definition) is 7. The average Bonchev–Trinajstić information content (AvgIpc) is 2.67. The molecule has 0 unspecified atom stereocenters. The number of nitrogens with zero attached hydrogens (tertiary/aromatic N) is 3. The highest BCUT2D eigenvalue weighted by atomic mass is 16.6. The zero-order valence-corrected chi connectivity index (χ0v) is 14.4. The molecule has 0 spiro atoms. The Kier molecular flexibility index (Phi) is 6.76. The van der Waals surface area contributed by atoms with E-state index >= 15 is 0 Å². The van der Waals surface area contributed by atoms with Gasteiger partial charge in [-0.05, 0) is 11.6 Å². The van der Waals surface area contributed by atoms with Crippen LogP contribution in [0.2, 0.25) is 0 Å². The van der Waals surface area contributed by atoms with E-state index in [9.17, 15) is 25.0 Å². The molecule has 142 valence electrons. The largest absolute Gasteiger partial charge is 0.480 e. The Morgan fingerprint density at radius 3 is 2.39 bits per heavy atom. The van der Waals surface area contributed by atoms with E-state index in [1.807, 2.05) is 0 Å². The predicted molar refractivity (Wildman–Crippen MR) is 100.0 cm³/mol. The van der Waals surface area contributed by atoms with Crippen molar-refractivity contribution in [3.8, 4) is 18.1 Å². The summed E-state index contributed by atoms with van der Waals surface area (Å²) in [7, 11) is 0. The second kappa shape index (κ2) is 9.44. The number of nitrogens with one attached hydrogen (secondary N) is 1. The van der Waals surface area contributed by atoms with Gasteiger partial charge in [-0.3, -0.25) is 25.0 Å². The van der Waals surface area contributed by atoms with Gasteiger partial charge in [-0.2, -0.15) is 5.10 Å². The van der Waals surface area contributed by atoms with Crippen LogP contribution in [0.15, 0.2) is 47.6 Å². The number of terminal acetylenes is 1. The SMILES string of the molecule is C#CCOc1ccc([N+](=O)[O-])cc1/C=N/NC(=O)Cc1ccc([N+](=O)[O-])cc1. The summed E-state index contributed by atoms with van der Waals surface area (Å²) in [5.41, 5.74) is 2.85. The minimum absolute atomic E-state index is 0.0366. The second-order valence-corrected chi connectivity index (χ2v) is 5.37. The van der Waals surface area contributed by atoms with Crippen LogP contribution in [0.1, 0.15) is 11.1 Å². The van der Waals surface area contributed by atoms with Gasteiger partial charge in [0.1, 0.15) is 12.4 Å². The Bertz CT molecular complexity index is 963. The number of carbonyl (C=O) groups excluding carboxylic acids is 1. The average molecular weight is 382 g/mol. The third kappa shape index (κ3) is 5.63. The van der Waals surface area contributed by atoms with Crippen LogP contribution in [0.3, 0.4) is 0 Å². The Balaban J connectivity index is 2.05. The fraction of sp³-hybridized carbons (Fsp3) is 0.111. The van der Waals surface area contributed by atoms with E-state index in [-0.39, 0.29) is 35.7 Å². The molecule has 2 aromatic rings. The zero-order chi connectivity index (χ0) is 20.5. The summed E-state index contributed by atoms with van der Waals surface area (Å²) in [5.74, 6) is 2.09. The molecule has 0 atom stereocenters. The first-order chi connectivity index (χ1) is 13.4. The van der Waals surface area contributed by atoms with Crippen molar-refractivity contribution in [2.45, 2.75) is 6.42 Å². The molecule has 0 aromatic heterocycles. The number of hydrogen-bond donors (Lipinski definition) is 1. The highest BCUT2D eigenvalue weighted by Crippen LogP contribution is 2.22. The fourth-order valence-corrected chi connectivity index (χ4v) is 2.14. The molecule has 10 heteroatoms. The lowest BCUT2D eigenvalue weighted by Gasteiger charge is -2.06. The topological polar surface area (TPSA) is 137 Å². The van der Waals surface area contributed by atoms with E-state index in [4.69, 9.17) is 11.2 Å². The number of benzene rings is 2. The molecule has 0 fully saturated rings. The van der Waals surface area contributed by atoms with Crippen LogP contribution in [0.5, 0.6) is 5.75 Å². The monoisotopic (exact) mass is 382 g/mol. The molecule has 0 aliphatic carbocycles. The quantitative estimate of drug-likeness (QED) is 0.322. The molecule has 0 aliphatic heterocycles. The summed E-state index contributed by atoms with van der Waals surface area (Å²) in [6.45, 7) is -0.0366. The highest BCUT2D eigenvalue weighted by Gasteiger charge is 2.11. The molecule has 2 rings (SSSR count). The van der Waals surface area contributed by atoms with Gasteiger partial charge in [0.15, 0.2) is 0 Å². The number of ether oxygens (including phenoxy) is 1. The maximum absolute atomic E-state index is 11.9. The van der Waals surface area contributed by atoms with Gasteiger partial charge in [0.2, 0.25) is 5.91 Å². The summed E-state index contributed by atoms with van der Waals surface area (Å²) in [6.07, 6.45) is 6.28. The number of carbonyl (C=O) groups is 1. The molecular weight excluding hydrogens is 368 g/mol. The van der Waals surface area contributed by atoms with Crippen LogP contribution in [-0.4, -0.2) is 28.6 Å². The molecule has 1 amide bonds. The molecule has 0 saturated heterocycles. The number of nitro benzene ring substituents is 2. The summed E-state index contributed by atoms with van der Waals surface area (Å²) >= 11 is 0. The number of amides is 1. The van der Waals surface area contributed by atoms with Crippen LogP contribution >= 0.6 is 0 Å². The normalized spacial score (nSPS) is 10.2. The van der Waals surface area contributed by atoms with E-state index in [0.717, 1.165) is 0 Å². The molecule has 28 heavy (non-hydrogen) atoms. The van der Waals surface area contributed by atoms with Gasteiger partial charge in [-0.1, -0.05) is 18.1 Å². The molecule has 2 aromatic carbocycles. The van der Waals surface area contributed by atoms with Crippen molar-refractivity contribution >= 4 is 23.5 Å². The summed E-state index contributed by atoms with van der Waals surface area (Å²) in [5, 5.41) is 25.3. The van der Waals surface area contributed by atoms with Gasteiger partial charge < -0.3 is 4.74 Å². The van der Waals surface area contributed by atoms with Gasteiger partial charge in [-0.15, -0.1) is 6.42 Å². The van der Waals surface area contributed by atoms with Gasteiger partial charge >= 0.3 is 0 Å². The molecule has 0 saturated carbocycles. The first-order valence-electron chi connectivity index (χ1n) is 7.80. The lowest BCUT2D eigenvalue weighted by Crippen LogP contribution is -2.19. The Morgan fingerprint density at radius 1 is 1.14 bits per heavy atom. The van der Waals surface area contributed by atoms with Gasteiger partial charge in [0.05, 0.1) is 22.5 Å². The van der Waals surface area contributed by atoms with Crippen molar-refractivity contribution in [3.05, 3.63) is 73.8 Å². The molecule has 0 radical (unpaired) electrons. The molecule has 0 aliphatic rings.